The number of hydrogen-bond donors (Lipinski definition) is 2. The maximum absolute atomic E-state index is 10.2. The number of benzene rings is 1. The van der Waals surface area contributed by atoms with Gasteiger partial charge in [0.15, 0.2) is 0 Å². The van der Waals surface area contributed by atoms with Crippen LogP contribution in [-0.4, -0.2) is 17.7 Å². The molecule has 2 N–H and O–H groups in total. The summed E-state index contributed by atoms with van der Waals surface area (Å²) in [5, 5.41) is 14.4. The van der Waals surface area contributed by atoms with E-state index in [4.69, 9.17) is 11.6 Å². The van der Waals surface area contributed by atoms with E-state index in [-0.39, 0.29) is 0 Å². The van der Waals surface area contributed by atoms with Crippen LogP contribution in [0.15, 0.2) is 24.3 Å². The Kier molecular flexibility index (Phi) is 5.26. The minimum absolute atomic E-state index is 0.454. The Labute approximate surface area is 121 Å². The van der Waals surface area contributed by atoms with Gasteiger partial charge in [-0.15, -0.1) is 0 Å². The van der Waals surface area contributed by atoms with Gasteiger partial charge in [-0.2, -0.15) is 0 Å². The van der Waals surface area contributed by atoms with E-state index < -0.39 is 6.10 Å². The molecule has 0 aliphatic heterocycles. The average molecular weight is 282 g/mol. The van der Waals surface area contributed by atoms with Crippen LogP contribution in [-0.2, 0) is 0 Å². The van der Waals surface area contributed by atoms with E-state index in [2.05, 4.69) is 19.2 Å². The van der Waals surface area contributed by atoms with Crippen molar-refractivity contribution in [3.63, 3.8) is 0 Å². The number of hydrogen-bond acceptors (Lipinski definition) is 2. The second-order valence-electron chi connectivity index (χ2n) is 6.09. The van der Waals surface area contributed by atoms with Crippen molar-refractivity contribution in [2.75, 3.05) is 6.54 Å². The summed E-state index contributed by atoms with van der Waals surface area (Å²) in [5.41, 5.74) is 0.925. The molecule has 1 aliphatic carbocycles. The normalized spacial score (nSPS) is 29.2. The first-order valence-electron chi connectivity index (χ1n) is 7.21. The molecule has 0 amide bonds. The van der Waals surface area contributed by atoms with Crippen LogP contribution in [0.4, 0.5) is 0 Å². The zero-order valence-corrected chi connectivity index (χ0v) is 12.5. The summed E-state index contributed by atoms with van der Waals surface area (Å²) in [5.74, 6) is 1.57. The molecular weight excluding hydrogens is 258 g/mol. The van der Waals surface area contributed by atoms with E-state index in [1.165, 1.54) is 19.3 Å². The molecule has 3 atom stereocenters. The molecule has 2 rings (SSSR count). The average Bonchev–Trinajstić information content (AvgIpc) is 2.36. The molecule has 106 valence electrons. The predicted octanol–water partition coefficient (Wildman–Crippen LogP) is 3.79. The van der Waals surface area contributed by atoms with Gasteiger partial charge in [0.1, 0.15) is 0 Å². The Bertz CT molecular complexity index is 382. The molecule has 3 heteroatoms. The smallest absolute Gasteiger partial charge is 0.0914 e. The van der Waals surface area contributed by atoms with Gasteiger partial charge in [0, 0.05) is 17.6 Å². The number of nitrogens with one attached hydrogen (secondary N) is 1. The summed E-state index contributed by atoms with van der Waals surface area (Å²) in [6.07, 6.45) is 3.32. The third-order valence-electron chi connectivity index (χ3n) is 4.03. The highest BCUT2D eigenvalue weighted by molar-refractivity contribution is 6.30. The molecule has 1 fully saturated rings. The van der Waals surface area contributed by atoms with Crippen LogP contribution in [0.5, 0.6) is 0 Å². The summed E-state index contributed by atoms with van der Waals surface area (Å²) in [6, 6.07) is 7.97. The molecule has 1 saturated carbocycles. The van der Waals surface area contributed by atoms with Gasteiger partial charge in [-0.05, 0) is 48.8 Å². The Morgan fingerprint density at radius 2 is 1.74 bits per heavy atom. The Balaban J connectivity index is 1.83. The monoisotopic (exact) mass is 281 g/mol. The third-order valence-corrected chi connectivity index (χ3v) is 4.29. The van der Waals surface area contributed by atoms with Gasteiger partial charge >= 0.3 is 0 Å². The number of rotatable bonds is 4. The van der Waals surface area contributed by atoms with E-state index in [1.54, 1.807) is 0 Å². The zero-order chi connectivity index (χ0) is 13.8. The molecule has 0 radical (unpaired) electrons. The summed E-state index contributed by atoms with van der Waals surface area (Å²) in [4.78, 5) is 0. The minimum Gasteiger partial charge on any atom is -0.387 e. The van der Waals surface area contributed by atoms with Crippen LogP contribution in [0.1, 0.15) is 44.8 Å². The second-order valence-corrected chi connectivity index (χ2v) is 6.53. The first-order chi connectivity index (χ1) is 9.04. The molecule has 0 aromatic heterocycles. The highest BCUT2D eigenvalue weighted by Gasteiger charge is 2.24. The number of aliphatic hydroxyl groups is 1. The first-order valence-corrected chi connectivity index (χ1v) is 7.59. The lowest BCUT2D eigenvalue weighted by atomic mass is 9.80. The van der Waals surface area contributed by atoms with Crippen LogP contribution < -0.4 is 5.32 Å². The SMILES string of the molecule is CC1CC(C)CC(NCC(O)c2ccc(Cl)cc2)C1. The fourth-order valence-electron chi connectivity index (χ4n) is 3.19. The lowest BCUT2D eigenvalue weighted by Crippen LogP contribution is -2.38. The summed E-state index contributed by atoms with van der Waals surface area (Å²) in [6.45, 7) is 5.26. The highest BCUT2D eigenvalue weighted by atomic mass is 35.5. The van der Waals surface area contributed by atoms with Crippen molar-refractivity contribution < 1.29 is 5.11 Å². The van der Waals surface area contributed by atoms with E-state index in [0.717, 1.165) is 17.4 Å². The fourth-order valence-corrected chi connectivity index (χ4v) is 3.32. The van der Waals surface area contributed by atoms with E-state index in [1.807, 2.05) is 24.3 Å². The lowest BCUT2D eigenvalue weighted by molar-refractivity contribution is 0.155. The second kappa shape index (κ2) is 6.74. The molecule has 1 aromatic carbocycles. The standard InChI is InChI=1S/C16H24ClNO/c1-11-7-12(2)9-15(8-11)18-10-16(19)13-3-5-14(17)6-4-13/h3-6,11-12,15-16,18-19H,7-10H2,1-2H3. The van der Waals surface area contributed by atoms with Crippen LogP contribution in [0.25, 0.3) is 0 Å². The van der Waals surface area contributed by atoms with Crippen molar-refractivity contribution in [2.24, 2.45) is 11.8 Å². The molecule has 0 spiro atoms. The van der Waals surface area contributed by atoms with Crippen molar-refractivity contribution in [3.8, 4) is 0 Å². The molecular formula is C16H24ClNO. The molecule has 1 aliphatic rings. The Morgan fingerprint density at radius 1 is 1.16 bits per heavy atom. The quantitative estimate of drug-likeness (QED) is 0.880. The Hall–Kier alpha value is -0.570. The molecule has 3 unspecified atom stereocenters. The molecule has 0 heterocycles. The van der Waals surface area contributed by atoms with Crippen LogP contribution >= 0.6 is 11.6 Å². The molecule has 19 heavy (non-hydrogen) atoms. The fraction of sp³-hybridized carbons (Fsp3) is 0.625. The van der Waals surface area contributed by atoms with Crippen molar-refractivity contribution in [1.82, 2.24) is 5.32 Å². The predicted molar refractivity (Wildman–Crippen MR) is 80.4 cm³/mol. The van der Waals surface area contributed by atoms with Gasteiger partial charge in [-0.1, -0.05) is 37.6 Å². The maximum Gasteiger partial charge on any atom is 0.0914 e. The van der Waals surface area contributed by atoms with Crippen molar-refractivity contribution in [3.05, 3.63) is 34.9 Å². The van der Waals surface area contributed by atoms with Crippen LogP contribution in [0.2, 0.25) is 5.02 Å². The van der Waals surface area contributed by atoms with Crippen molar-refractivity contribution >= 4 is 11.6 Å². The summed E-state index contributed by atoms with van der Waals surface area (Å²) in [7, 11) is 0. The molecule has 0 bridgehead atoms. The molecule has 0 saturated heterocycles. The van der Waals surface area contributed by atoms with Gasteiger partial charge in [0.25, 0.3) is 0 Å². The van der Waals surface area contributed by atoms with E-state index >= 15 is 0 Å². The minimum atomic E-state index is -0.454. The van der Waals surface area contributed by atoms with Gasteiger partial charge in [0.05, 0.1) is 6.10 Å². The highest BCUT2D eigenvalue weighted by Crippen LogP contribution is 2.28. The maximum atomic E-state index is 10.2. The Morgan fingerprint density at radius 3 is 2.32 bits per heavy atom. The first kappa shape index (κ1) is 14.8. The topological polar surface area (TPSA) is 32.3 Å². The summed E-state index contributed by atoms with van der Waals surface area (Å²) < 4.78 is 0. The number of aliphatic hydroxyl groups excluding tert-OH is 1. The van der Waals surface area contributed by atoms with Gasteiger partial charge < -0.3 is 10.4 Å². The number of halogens is 1. The van der Waals surface area contributed by atoms with Crippen molar-refractivity contribution in [1.29, 1.82) is 0 Å². The third kappa shape index (κ3) is 4.48. The van der Waals surface area contributed by atoms with E-state index in [9.17, 15) is 5.11 Å². The van der Waals surface area contributed by atoms with Gasteiger partial charge in [-0.3, -0.25) is 0 Å². The van der Waals surface area contributed by atoms with Crippen molar-refractivity contribution in [2.45, 2.75) is 45.3 Å². The van der Waals surface area contributed by atoms with Crippen LogP contribution in [0, 0.1) is 11.8 Å². The molecule has 2 nitrogen and oxygen atoms in total. The van der Waals surface area contributed by atoms with Crippen LogP contribution in [0.3, 0.4) is 0 Å². The van der Waals surface area contributed by atoms with Gasteiger partial charge in [-0.25, -0.2) is 0 Å². The summed E-state index contributed by atoms with van der Waals surface area (Å²) >= 11 is 5.85. The molecule has 1 aromatic rings. The largest absolute Gasteiger partial charge is 0.387 e. The van der Waals surface area contributed by atoms with Gasteiger partial charge in [0.2, 0.25) is 0 Å². The van der Waals surface area contributed by atoms with E-state index in [0.29, 0.717) is 17.6 Å². The lowest BCUT2D eigenvalue weighted by Gasteiger charge is -2.32. The zero-order valence-electron chi connectivity index (χ0n) is 11.8.